The lowest BCUT2D eigenvalue weighted by molar-refractivity contribution is -0.133. The van der Waals surface area contributed by atoms with Gasteiger partial charge in [0, 0.05) is 24.2 Å². The lowest BCUT2D eigenvalue weighted by atomic mass is 9.93. The zero-order valence-corrected chi connectivity index (χ0v) is 15.8. The molecule has 1 fully saturated rings. The van der Waals surface area contributed by atoms with Crippen molar-refractivity contribution in [1.29, 1.82) is 0 Å². The van der Waals surface area contributed by atoms with Gasteiger partial charge in [-0.2, -0.15) is 0 Å². The molecule has 0 spiro atoms. The number of allylic oxidation sites excluding steroid dienone is 4. The second kappa shape index (κ2) is 7.25. The first-order valence-corrected chi connectivity index (χ1v) is 8.97. The molecule has 0 bridgehead atoms. The van der Waals surface area contributed by atoms with Gasteiger partial charge in [-0.05, 0) is 51.2 Å². The molecule has 134 valence electrons. The Kier molecular flexibility index (Phi) is 5.04. The molecule has 2 aliphatic rings. The minimum atomic E-state index is -0.366. The Labute approximate surface area is 158 Å². The van der Waals surface area contributed by atoms with Crippen molar-refractivity contribution >= 4 is 34.7 Å². The summed E-state index contributed by atoms with van der Waals surface area (Å²) in [6.07, 6.45) is 5.38. The molecule has 1 saturated heterocycles. The fourth-order valence-electron chi connectivity index (χ4n) is 3.08. The molecular formula is C20H20N2O3S. The fraction of sp³-hybridized carbons (Fsp3) is 0.250. The highest BCUT2D eigenvalue weighted by molar-refractivity contribution is 7.80. The Bertz CT molecular complexity index is 855. The highest BCUT2D eigenvalue weighted by Crippen LogP contribution is 2.37. The Hall–Kier alpha value is -2.73. The Morgan fingerprint density at radius 2 is 1.69 bits per heavy atom. The molecule has 2 heterocycles. The molecule has 0 radical (unpaired) electrons. The highest BCUT2D eigenvalue weighted by atomic mass is 32.1. The number of likely N-dealkylation sites (N-methyl/N-ethyl adjacent to an activating group) is 2. The molecule has 5 nitrogen and oxygen atoms in total. The van der Waals surface area contributed by atoms with Crippen molar-refractivity contribution in [3.05, 3.63) is 59.4 Å². The minimum Gasteiger partial charge on any atom is -0.457 e. The number of benzene rings is 1. The van der Waals surface area contributed by atoms with E-state index < -0.39 is 0 Å². The van der Waals surface area contributed by atoms with Crippen molar-refractivity contribution in [2.24, 2.45) is 0 Å². The third-order valence-electron chi connectivity index (χ3n) is 4.30. The van der Waals surface area contributed by atoms with E-state index in [4.69, 9.17) is 17.0 Å². The van der Waals surface area contributed by atoms with Crippen LogP contribution in [0.3, 0.4) is 0 Å². The molecule has 0 saturated carbocycles. The third-order valence-corrected chi connectivity index (χ3v) is 4.74. The molecular weight excluding hydrogens is 348 g/mol. The molecule has 6 heteroatoms. The lowest BCUT2D eigenvalue weighted by Crippen LogP contribution is -2.56. The average molecular weight is 368 g/mol. The number of para-hydroxylation sites is 1. The van der Waals surface area contributed by atoms with Crippen LogP contribution in [0.15, 0.2) is 53.8 Å². The third kappa shape index (κ3) is 2.86. The van der Waals surface area contributed by atoms with Gasteiger partial charge in [-0.3, -0.25) is 19.4 Å². The Balaban J connectivity index is 2.28. The van der Waals surface area contributed by atoms with Crippen LogP contribution in [0.5, 0.6) is 5.75 Å². The normalized spacial score (nSPS) is 17.7. The lowest BCUT2D eigenvalue weighted by Gasteiger charge is -2.36. The summed E-state index contributed by atoms with van der Waals surface area (Å²) < 4.78 is 5.86. The molecule has 0 aliphatic carbocycles. The standard InChI is InChI=1S/C20H20N2O3S/c1-4-9-13-12-15(14-10-7-8-11-16(14)25-13)17-18(23)21(5-2)20(26)22(6-3)19(17)24/h4,7-12H,5-6H2,1-3H3/b9-4+. The number of thiocarbonyl (C=S) groups is 1. The number of carbonyl (C=O) groups is 2. The topological polar surface area (TPSA) is 49.9 Å². The number of nitrogens with zero attached hydrogens (tertiary/aromatic N) is 2. The van der Waals surface area contributed by atoms with Crippen molar-refractivity contribution in [3.8, 4) is 5.75 Å². The van der Waals surface area contributed by atoms with Gasteiger partial charge in [0.1, 0.15) is 17.1 Å². The van der Waals surface area contributed by atoms with Gasteiger partial charge in [0.15, 0.2) is 5.11 Å². The van der Waals surface area contributed by atoms with E-state index in [0.717, 1.165) is 5.56 Å². The van der Waals surface area contributed by atoms with E-state index >= 15 is 0 Å². The highest BCUT2D eigenvalue weighted by Gasteiger charge is 2.40. The summed E-state index contributed by atoms with van der Waals surface area (Å²) in [4.78, 5) is 29.0. The second-order valence-electron chi connectivity index (χ2n) is 5.82. The first kappa shape index (κ1) is 18.1. The van der Waals surface area contributed by atoms with Gasteiger partial charge in [-0.25, -0.2) is 0 Å². The summed E-state index contributed by atoms with van der Waals surface area (Å²) in [6, 6.07) is 7.38. The van der Waals surface area contributed by atoms with Gasteiger partial charge >= 0.3 is 0 Å². The summed E-state index contributed by atoms with van der Waals surface area (Å²) in [5.74, 6) is 0.462. The summed E-state index contributed by atoms with van der Waals surface area (Å²) in [7, 11) is 0. The Morgan fingerprint density at radius 1 is 1.08 bits per heavy atom. The molecule has 2 amide bonds. The van der Waals surface area contributed by atoms with Crippen LogP contribution in [0.4, 0.5) is 0 Å². The summed E-state index contributed by atoms with van der Waals surface area (Å²) in [5.41, 5.74) is 1.41. The van der Waals surface area contributed by atoms with Crippen LogP contribution < -0.4 is 4.74 Å². The van der Waals surface area contributed by atoms with Gasteiger partial charge < -0.3 is 4.74 Å². The number of ether oxygens (including phenoxy) is 1. The second-order valence-corrected chi connectivity index (χ2v) is 6.18. The SMILES string of the molecule is C/C=C/C1=CC(=C2C(=O)N(CC)C(=S)N(CC)C2=O)c2ccccc2O1. The predicted octanol–water partition coefficient (Wildman–Crippen LogP) is 3.29. The molecule has 26 heavy (non-hydrogen) atoms. The van der Waals surface area contributed by atoms with Crippen LogP contribution >= 0.6 is 12.2 Å². The number of amides is 2. The van der Waals surface area contributed by atoms with Crippen LogP contribution in [0, 0.1) is 0 Å². The predicted molar refractivity (Wildman–Crippen MR) is 104 cm³/mol. The van der Waals surface area contributed by atoms with E-state index in [0.29, 0.717) is 30.2 Å². The van der Waals surface area contributed by atoms with Gasteiger partial charge in [0.05, 0.1) is 0 Å². The van der Waals surface area contributed by atoms with E-state index in [9.17, 15) is 9.59 Å². The smallest absolute Gasteiger partial charge is 0.266 e. The zero-order valence-electron chi connectivity index (χ0n) is 15.0. The molecule has 0 unspecified atom stereocenters. The number of carbonyl (C=O) groups excluding carboxylic acids is 2. The van der Waals surface area contributed by atoms with E-state index in [2.05, 4.69) is 0 Å². The van der Waals surface area contributed by atoms with E-state index in [1.807, 2.05) is 51.1 Å². The van der Waals surface area contributed by atoms with Crippen LogP contribution in [-0.2, 0) is 9.59 Å². The fourth-order valence-corrected chi connectivity index (χ4v) is 3.50. The van der Waals surface area contributed by atoms with Crippen molar-refractivity contribution in [2.75, 3.05) is 13.1 Å². The molecule has 0 atom stereocenters. The van der Waals surface area contributed by atoms with Gasteiger partial charge in [-0.15, -0.1) is 0 Å². The summed E-state index contributed by atoms with van der Waals surface area (Å²) in [6.45, 7) is 6.37. The molecule has 0 aromatic heterocycles. The molecule has 3 rings (SSSR count). The average Bonchev–Trinajstić information content (AvgIpc) is 2.62. The molecule has 2 aliphatic heterocycles. The Morgan fingerprint density at radius 3 is 2.27 bits per heavy atom. The number of hydrogen-bond donors (Lipinski definition) is 0. The zero-order chi connectivity index (χ0) is 18.8. The number of fused-ring (bicyclic) bond motifs is 1. The van der Waals surface area contributed by atoms with Gasteiger partial charge in [0.25, 0.3) is 11.8 Å². The maximum absolute atomic E-state index is 13.1. The van der Waals surface area contributed by atoms with E-state index in [1.165, 1.54) is 9.80 Å². The van der Waals surface area contributed by atoms with Crippen LogP contribution in [0.1, 0.15) is 26.3 Å². The van der Waals surface area contributed by atoms with Gasteiger partial charge in [-0.1, -0.05) is 24.3 Å². The number of rotatable bonds is 3. The van der Waals surface area contributed by atoms with Crippen molar-refractivity contribution in [3.63, 3.8) is 0 Å². The van der Waals surface area contributed by atoms with Crippen LogP contribution in [0.25, 0.3) is 5.57 Å². The molecule has 0 N–H and O–H groups in total. The molecule has 1 aromatic rings. The first-order valence-electron chi connectivity index (χ1n) is 8.57. The van der Waals surface area contributed by atoms with Crippen molar-refractivity contribution < 1.29 is 14.3 Å². The van der Waals surface area contributed by atoms with E-state index in [1.54, 1.807) is 12.2 Å². The van der Waals surface area contributed by atoms with Crippen molar-refractivity contribution in [1.82, 2.24) is 9.80 Å². The monoisotopic (exact) mass is 368 g/mol. The minimum absolute atomic E-state index is 0.125. The quantitative estimate of drug-likeness (QED) is 0.467. The van der Waals surface area contributed by atoms with E-state index in [-0.39, 0.29) is 22.5 Å². The summed E-state index contributed by atoms with van der Waals surface area (Å²) in [5, 5.41) is 0.257. The maximum atomic E-state index is 13.1. The summed E-state index contributed by atoms with van der Waals surface area (Å²) >= 11 is 5.33. The van der Waals surface area contributed by atoms with Crippen LogP contribution in [-0.4, -0.2) is 39.8 Å². The number of hydrogen-bond acceptors (Lipinski definition) is 4. The van der Waals surface area contributed by atoms with Crippen molar-refractivity contribution in [2.45, 2.75) is 20.8 Å². The maximum Gasteiger partial charge on any atom is 0.266 e. The van der Waals surface area contributed by atoms with Gasteiger partial charge in [0.2, 0.25) is 0 Å². The largest absolute Gasteiger partial charge is 0.457 e. The van der Waals surface area contributed by atoms with Crippen LogP contribution in [0.2, 0.25) is 0 Å². The first-order chi connectivity index (χ1) is 12.5. The molecule has 1 aromatic carbocycles.